The Labute approximate surface area is 110 Å². The fourth-order valence-corrected chi connectivity index (χ4v) is 1.76. The third-order valence-corrected chi connectivity index (χ3v) is 2.69. The SMILES string of the molecule is N#Cc1cccc(NC(=O)CN2CCOCC2=O)c1. The molecule has 0 bridgehead atoms. The highest BCUT2D eigenvalue weighted by atomic mass is 16.5. The highest BCUT2D eigenvalue weighted by molar-refractivity contribution is 5.94. The van der Waals surface area contributed by atoms with Gasteiger partial charge < -0.3 is 15.0 Å². The monoisotopic (exact) mass is 259 g/mol. The molecule has 1 aliphatic heterocycles. The molecule has 0 aliphatic carbocycles. The van der Waals surface area contributed by atoms with Crippen LogP contribution in [-0.4, -0.2) is 43.0 Å². The number of nitriles is 1. The van der Waals surface area contributed by atoms with Crippen LogP contribution in [0.15, 0.2) is 24.3 Å². The largest absolute Gasteiger partial charge is 0.370 e. The van der Waals surface area contributed by atoms with Gasteiger partial charge in [-0.05, 0) is 18.2 Å². The van der Waals surface area contributed by atoms with Gasteiger partial charge in [0.2, 0.25) is 11.8 Å². The van der Waals surface area contributed by atoms with Crippen LogP contribution in [0.3, 0.4) is 0 Å². The lowest BCUT2D eigenvalue weighted by Gasteiger charge is -2.26. The van der Waals surface area contributed by atoms with Crippen molar-refractivity contribution in [2.75, 3.05) is 31.6 Å². The van der Waals surface area contributed by atoms with Crippen LogP contribution in [0.5, 0.6) is 0 Å². The standard InChI is InChI=1S/C13H13N3O3/c14-7-10-2-1-3-11(6-10)15-12(17)8-16-4-5-19-9-13(16)18/h1-3,6H,4-5,8-9H2,(H,15,17). The molecule has 1 saturated heterocycles. The summed E-state index contributed by atoms with van der Waals surface area (Å²) in [5.41, 5.74) is 1.02. The Morgan fingerprint density at radius 3 is 3.11 bits per heavy atom. The molecule has 98 valence electrons. The fourth-order valence-electron chi connectivity index (χ4n) is 1.76. The summed E-state index contributed by atoms with van der Waals surface area (Å²) in [6.45, 7) is 0.892. The van der Waals surface area contributed by atoms with Gasteiger partial charge in [-0.15, -0.1) is 0 Å². The lowest BCUT2D eigenvalue weighted by molar-refractivity contribution is -0.144. The van der Waals surface area contributed by atoms with Crippen LogP contribution >= 0.6 is 0 Å². The van der Waals surface area contributed by atoms with E-state index in [0.717, 1.165) is 0 Å². The topological polar surface area (TPSA) is 82.4 Å². The molecule has 0 unspecified atom stereocenters. The molecule has 1 aromatic carbocycles. The van der Waals surface area contributed by atoms with Crippen LogP contribution in [0.4, 0.5) is 5.69 Å². The second kappa shape index (κ2) is 5.98. The number of amides is 2. The first-order valence-corrected chi connectivity index (χ1v) is 5.84. The first-order chi connectivity index (χ1) is 9.19. The van der Waals surface area contributed by atoms with E-state index in [4.69, 9.17) is 10.00 Å². The molecule has 2 rings (SSSR count). The summed E-state index contributed by atoms with van der Waals surface area (Å²) in [5.74, 6) is -0.475. The summed E-state index contributed by atoms with van der Waals surface area (Å²) in [7, 11) is 0. The van der Waals surface area contributed by atoms with E-state index >= 15 is 0 Å². The number of nitrogens with one attached hydrogen (secondary N) is 1. The molecule has 19 heavy (non-hydrogen) atoms. The van der Waals surface area contributed by atoms with Crippen LogP contribution < -0.4 is 5.32 Å². The molecule has 0 aromatic heterocycles. The lowest BCUT2D eigenvalue weighted by Crippen LogP contribution is -2.45. The van der Waals surface area contributed by atoms with Gasteiger partial charge in [0.15, 0.2) is 0 Å². The van der Waals surface area contributed by atoms with Crippen molar-refractivity contribution < 1.29 is 14.3 Å². The molecule has 0 spiro atoms. The first kappa shape index (κ1) is 13.1. The molecular formula is C13H13N3O3. The van der Waals surface area contributed by atoms with E-state index in [0.29, 0.717) is 24.4 Å². The number of anilines is 1. The highest BCUT2D eigenvalue weighted by Gasteiger charge is 2.20. The van der Waals surface area contributed by atoms with Crippen molar-refractivity contribution in [3.63, 3.8) is 0 Å². The van der Waals surface area contributed by atoms with Crippen LogP contribution in [0.25, 0.3) is 0 Å². The van der Waals surface area contributed by atoms with Gasteiger partial charge in [0.1, 0.15) is 13.2 Å². The molecule has 2 amide bonds. The van der Waals surface area contributed by atoms with E-state index in [1.54, 1.807) is 24.3 Å². The van der Waals surface area contributed by atoms with Crippen molar-refractivity contribution in [2.45, 2.75) is 0 Å². The maximum Gasteiger partial charge on any atom is 0.249 e. The molecule has 0 radical (unpaired) electrons. The third-order valence-electron chi connectivity index (χ3n) is 2.69. The maximum absolute atomic E-state index is 11.8. The Morgan fingerprint density at radius 1 is 1.53 bits per heavy atom. The van der Waals surface area contributed by atoms with E-state index in [-0.39, 0.29) is 25.0 Å². The Balaban J connectivity index is 1.93. The zero-order valence-electron chi connectivity index (χ0n) is 10.3. The normalized spacial score (nSPS) is 14.9. The second-order valence-electron chi connectivity index (χ2n) is 4.11. The highest BCUT2D eigenvalue weighted by Crippen LogP contribution is 2.10. The number of ether oxygens (including phenoxy) is 1. The summed E-state index contributed by atoms with van der Waals surface area (Å²) in [5, 5.41) is 11.4. The zero-order chi connectivity index (χ0) is 13.7. The quantitative estimate of drug-likeness (QED) is 0.849. The van der Waals surface area contributed by atoms with Gasteiger partial charge in [-0.3, -0.25) is 9.59 Å². The Morgan fingerprint density at radius 2 is 2.37 bits per heavy atom. The maximum atomic E-state index is 11.8. The summed E-state index contributed by atoms with van der Waals surface area (Å²) in [6.07, 6.45) is 0. The molecule has 0 saturated carbocycles. The predicted octanol–water partition coefficient (Wildman–Crippen LogP) is 0.356. The van der Waals surface area contributed by atoms with E-state index in [1.165, 1.54) is 4.90 Å². The smallest absolute Gasteiger partial charge is 0.249 e. The van der Waals surface area contributed by atoms with Gasteiger partial charge >= 0.3 is 0 Å². The first-order valence-electron chi connectivity index (χ1n) is 5.84. The Hall–Kier alpha value is -2.39. The molecular weight excluding hydrogens is 246 g/mol. The van der Waals surface area contributed by atoms with Gasteiger partial charge in [0.05, 0.1) is 18.2 Å². The van der Waals surface area contributed by atoms with E-state index in [1.807, 2.05) is 6.07 Å². The van der Waals surface area contributed by atoms with E-state index in [9.17, 15) is 9.59 Å². The van der Waals surface area contributed by atoms with Crippen molar-refractivity contribution >= 4 is 17.5 Å². The number of morpholine rings is 1. The average molecular weight is 259 g/mol. The summed E-state index contributed by atoms with van der Waals surface area (Å²) in [6, 6.07) is 8.62. The number of rotatable bonds is 3. The fraction of sp³-hybridized carbons (Fsp3) is 0.308. The number of carbonyl (C=O) groups is 2. The van der Waals surface area contributed by atoms with Crippen LogP contribution in [-0.2, 0) is 14.3 Å². The van der Waals surface area contributed by atoms with Crippen molar-refractivity contribution in [2.24, 2.45) is 0 Å². The molecule has 1 N–H and O–H groups in total. The molecule has 1 aliphatic rings. The number of carbonyl (C=O) groups excluding carboxylic acids is 2. The average Bonchev–Trinajstić information content (AvgIpc) is 2.41. The minimum absolute atomic E-state index is 0.00102. The Kier molecular flexibility index (Phi) is 4.11. The van der Waals surface area contributed by atoms with E-state index in [2.05, 4.69) is 5.32 Å². The van der Waals surface area contributed by atoms with E-state index < -0.39 is 0 Å². The Bertz CT molecular complexity index is 536. The van der Waals surface area contributed by atoms with Gasteiger partial charge in [0, 0.05) is 12.2 Å². The predicted molar refractivity (Wildman–Crippen MR) is 67.2 cm³/mol. The second-order valence-corrected chi connectivity index (χ2v) is 4.11. The van der Waals surface area contributed by atoms with Crippen LogP contribution in [0.1, 0.15) is 5.56 Å². The summed E-state index contributed by atoms with van der Waals surface area (Å²) in [4.78, 5) is 24.7. The van der Waals surface area contributed by atoms with Gasteiger partial charge in [-0.1, -0.05) is 6.07 Å². The molecule has 6 nitrogen and oxygen atoms in total. The minimum atomic E-state index is -0.287. The zero-order valence-corrected chi connectivity index (χ0v) is 10.3. The summed E-state index contributed by atoms with van der Waals surface area (Å²) < 4.78 is 4.98. The van der Waals surface area contributed by atoms with Crippen molar-refractivity contribution in [1.82, 2.24) is 4.90 Å². The van der Waals surface area contributed by atoms with Crippen LogP contribution in [0.2, 0.25) is 0 Å². The van der Waals surface area contributed by atoms with Crippen molar-refractivity contribution in [1.29, 1.82) is 5.26 Å². The van der Waals surface area contributed by atoms with Crippen molar-refractivity contribution in [3.8, 4) is 6.07 Å². The number of hydrogen-bond donors (Lipinski definition) is 1. The van der Waals surface area contributed by atoms with Gasteiger partial charge in [-0.25, -0.2) is 0 Å². The van der Waals surface area contributed by atoms with Crippen LogP contribution in [0, 0.1) is 11.3 Å². The molecule has 1 fully saturated rings. The molecule has 1 heterocycles. The number of nitrogens with zero attached hydrogens (tertiary/aromatic N) is 2. The molecule has 0 atom stereocenters. The minimum Gasteiger partial charge on any atom is -0.370 e. The molecule has 6 heteroatoms. The van der Waals surface area contributed by atoms with Crippen molar-refractivity contribution in [3.05, 3.63) is 29.8 Å². The number of hydrogen-bond acceptors (Lipinski definition) is 4. The van der Waals surface area contributed by atoms with Gasteiger partial charge in [-0.2, -0.15) is 5.26 Å². The number of benzene rings is 1. The lowest BCUT2D eigenvalue weighted by atomic mass is 10.2. The third kappa shape index (κ3) is 3.53. The van der Waals surface area contributed by atoms with Gasteiger partial charge in [0.25, 0.3) is 0 Å². The molecule has 1 aromatic rings. The summed E-state index contributed by atoms with van der Waals surface area (Å²) >= 11 is 0.